The van der Waals surface area contributed by atoms with Crippen molar-refractivity contribution in [1.82, 2.24) is 4.98 Å². The predicted molar refractivity (Wildman–Crippen MR) is 81.9 cm³/mol. The second kappa shape index (κ2) is 6.09. The van der Waals surface area contributed by atoms with Gasteiger partial charge in [0, 0.05) is 30.7 Å². The number of anilines is 4. The molecule has 1 heterocycles. The minimum absolute atomic E-state index is 0.648. The molecule has 100 valence electrons. The molecule has 0 amide bonds. The zero-order valence-corrected chi connectivity index (χ0v) is 11.4. The van der Waals surface area contributed by atoms with E-state index in [1.807, 2.05) is 6.07 Å². The number of hydrogen-bond donors (Lipinski definition) is 2. The normalized spacial score (nSPS) is 10.2. The fourth-order valence-electron chi connectivity index (χ4n) is 2.02. The Morgan fingerprint density at radius 2 is 1.79 bits per heavy atom. The Bertz CT molecular complexity index is 518. The molecular formula is C15H20N4. The van der Waals surface area contributed by atoms with Crippen LogP contribution in [0.1, 0.15) is 13.8 Å². The van der Waals surface area contributed by atoms with Gasteiger partial charge in [0.15, 0.2) is 0 Å². The van der Waals surface area contributed by atoms with Crippen LogP contribution >= 0.6 is 0 Å². The summed E-state index contributed by atoms with van der Waals surface area (Å²) >= 11 is 0. The Labute approximate surface area is 114 Å². The Morgan fingerprint density at radius 3 is 2.37 bits per heavy atom. The second-order valence-electron chi connectivity index (χ2n) is 4.31. The van der Waals surface area contributed by atoms with E-state index in [0.29, 0.717) is 5.69 Å². The number of hydrogen-bond acceptors (Lipinski definition) is 4. The Hall–Kier alpha value is -2.23. The Balaban J connectivity index is 2.13. The highest BCUT2D eigenvalue weighted by atomic mass is 15.1. The van der Waals surface area contributed by atoms with Crippen LogP contribution in [0.15, 0.2) is 42.7 Å². The van der Waals surface area contributed by atoms with Gasteiger partial charge in [-0.2, -0.15) is 0 Å². The molecule has 1 aromatic carbocycles. The summed E-state index contributed by atoms with van der Waals surface area (Å²) in [5.74, 6) is 0. The number of aromatic nitrogens is 1. The van der Waals surface area contributed by atoms with Crippen LogP contribution in [0.3, 0.4) is 0 Å². The summed E-state index contributed by atoms with van der Waals surface area (Å²) in [6.45, 7) is 6.35. The molecule has 0 aliphatic rings. The first-order valence-corrected chi connectivity index (χ1v) is 6.56. The van der Waals surface area contributed by atoms with Gasteiger partial charge < -0.3 is 16.0 Å². The first kappa shape index (κ1) is 13.2. The van der Waals surface area contributed by atoms with Gasteiger partial charge in [-0.3, -0.25) is 4.98 Å². The van der Waals surface area contributed by atoms with E-state index in [-0.39, 0.29) is 0 Å². The van der Waals surface area contributed by atoms with Gasteiger partial charge in [-0.15, -0.1) is 0 Å². The van der Waals surface area contributed by atoms with Gasteiger partial charge in [0.25, 0.3) is 0 Å². The monoisotopic (exact) mass is 256 g/mol. The van der Waals surface area contributed by atoms with Crippen molar-refractivity contribution in [3.05, 3.63) is 42.7 Å². The predicted octanol–water partition coefficient (Wildman–Crippen LogP) is 3.25. The number of nitrogens with two attached hydrogens (primary N) is 1. The summed E-state index contributed by atoms with van der Waals surface area (Å²) in [6, 6.07) is 10.2. The molecule has 4 nitrogen and oxygen atoms in total. The number of nitrogen functional groups attached to an aromatic ring is 1. The molecule has 2 aromatic rings. The van der Waals surface area contributed by atoms with Crippen LogP contribution in [0.5, 0.6) is 0 Å². The number of nitrogens with one attached hydrogen (secondary N) is 1. The summed E-state index contributed by atoms with van der Waals surface area (Å²) in [4.78, 5) is 6.28. The van der Waals surface area contributed by atoms with Gasteiger partial charge in [0.2, 0.25) is 0 Å². The number of benzene rings is 1. The quantitative estimate of drug-likeness (QED) is 0.862. The number of rotatable bonds is 5. The van der Waals surface area contributed by atoms with E-state index in [4.69, 9.17) is 5.73 Å². The largest absolute Gasteiger partial charge is 0.396 e. The highest BCUT2D eigenvalue weighted by molar-refractivity contribution is 5.72. The van der Waals surface area contributed by atoms with Crippen molar-refractivity contribution >= 4 is 22.7 Å². The van der Waals surface area contributed by atoms with E-state index in [1.165, 1.54) is 5.69 Å². The lowest BCUT2D eigenvalue weighted by Gasteiger charge is -2.21. The minimum Gasteiger partial charge on any atom is -0.396 e. The first-order chi connectivity index (χ1) is 9.24. The van der Waals surface area contributed by atoms with E-state index in [1.54, 1.807) is 12.4 Å². The van der Waals surface area contributed by atoms with Crippen molar-refractivity contribution in [2.45, 2.75) is 13.8 Å². The molecular weight excluding hydrogens is 236 g/mol. The Kier molecular flexibility index (Phi) is 4.23. The van der Waals surface area contributed by atoms with Gasteiger partial charge in [-0.1, -0.05) is 0 Å². The third-order valence-corrected chi connectivity index (χ3v) is 3.13. The lowest BCUT2D eigenvalue weighted by atomic mass is 10.2. The van der Waals surface area contributed by atoms with Crippen LogP contribution in [0.25, 0.3) is 0 Å². The van der Waals surface area contributed by atoms with Crippen molar-refractivity contribution in [1.29, 1.82) is 0 Å². The lowest BCUT2D eigenvalue weighted by Crippen LogP contribution is -2.21. The molecule has 3 N–H and O–H groups in total. The molecule has 0 spiro atoms. The second-order valence-corrected chi connectivity index (χ2v) is 4.31. The number of nitrogens with zero attached hydrogens (tertiary/aromatic N) is 2. The van der Waals surface area contributed by atoms with E-state index in [0.717, 1.165) is 24.5 Å². The zero-order chi connectivity index (χ0) is 13.7. The molecule has 2 rings (SSSR count). The standard InChI is InChI=1S/C15H20N4/c1-3-19(4-2)13-7-5-12(6-8-13)18-15-9-10-17-11-14(15)16/h5-11H,3-4,16H2,1-2H3,(H,17,18). The maximum absolute atomic E-state index is 5.86. The van der Waals surface area contributed by atoms with Crippen LogP contribution in [0.4, 0.5) is 22.7 Å². The van der Waals surface area contributed by atoms with Crippen LogP contribution in [-0.2, 0) is 0 Å². The first-order valence-electron chi connectivity index (χ1n) is 6.56. The van der Waals surface area contributed by atoms with Crippen molar-refractivity contribution < 1.29 is 0 Å². The molecule has 0 atom stereocenters. The van der Waals surface area contributed by atoms with Gasteiger partial charge in [-0.25, -0.2) is 0 Å². The third-order valence-electron chi connectivity index (χ3n) is 3.13. The highest BCUT2D eigenvalue weighted by Gasteiger charge is 2.02. The van der Waals surface area contributed by atoms with Crippen LogP contribution in [0.2, 0.25) is 0 Å². The molecule has 0 unspecified atom stereocenters. The molecule has 19 heavy (non-hydrogen) atoms. The molecule has 0 bridgehead atoms. The molecule has 1 aromatic heterocycles. The highest BCUT2D eigenvalue weighted by Crippen LogP contribution is 2.23. The SMILES string of the molecule is CCN(CC)c1ccc(Nc2ccncc2N)cc1. The molecule has 0 fully saturated rings. The van der Waals surface area contributed by atoms with E-state index >= 15 is 0 Å². The molecule has 4 heteroatoms. The molecule has 0 saturated heterocycles. The summed E-state index contributed by atoms with van der Waals surface area (Å²) in [7, 11) is 0. The van der Waals surface area contributed by atoms with Gasteiger partial charge >= 0.3 is 0 Å². The zero-order valence-electron chi connectivity index (χ0n) is 11.4. The average Bonchev–Trinajstić information content (AvgIpc) is 2.44. The van der Waals surface area contributed by atoms with Crippen molar-refractivity contribution in [2.24, 2.45) is 0 Å². The van der Waals surface area contributed by atoms with Crippen LogP contribution in [-0.4, -0.2) is 18.1 Å². The van der Waals surface area contributed by atoms with Crippen molar-refractivity contribution in [3.63, 3.8) is 0 Å². The maximum atomic E-state index is 5.86. The van der Waals surface area contributed by atoms with Gasteiger partial charge in [-0.05, 0) is 44.2 Å². The molecule has 0 aliphatic carbocycles. The van der Waals surface area contributed by atoms with Crippen molar-refractivity contribution in [3.8, 4) is 0 Å². The Morgan fingerprint density at radius 1 is 1.11 bits per heavy atom. The molecule has 0 saturated carbocycles. The van der Waals surface area contributed by atoms with Crippen LogP contribution < -0.4 is 16.0 Å². The van der Waals surface area contributed by atoms with Gasteiger partial charge in [0.1, 0.15) is 0 Å². The minimum atomic E-state index is 0.648. The molecule has 0 radical (unpaired) electrons. The topological polar surface area (TPSA) is 54.2 Å². The fraction of sp³-hybridized carbons (Fsp3) is 0.267. The lowest BCUT2D eigenvalue weighted by molar-refractivity contribution is 0.866. The van der Waals surface area contributed by atoms with E-state index in [2.05, 4.69) is 53.3 Å². The van der Waals surface area contributed by atoms with E-state index < -0.39 is 0 Å². The third kappa shape index (κ3) is 3.16. The number of pyridine rings is 1. The summed E-state index contributed by atoms with van der Waals surface area (Å²) in [5, 5.41) is 3.29. The van der Waals surface area contributed by atoms with Crippen molar-refractivity contribution in [2.75, 3.05) is 29.0 Å². The van der Waals surface area contributed by atoms with Crippen LogP contribution in [0, 0.1) is 0 Å². The maximum Gasteiger partial charge on any atom is 0.0739 e. The molecule has 0 aliphatic heterocycles. The summed E-state index contributed by atoms with van der Waals surface area (Å²) in [5.41, 5.74) is 9.64. The summed E-state index contributed by atoms with van der Waals surface area (Å²) < 4.78 is 0. The van der Waals surface area contributed by atoms with Gasteiger partial charge in [0.05, 0.1) is 17.6 Å². The average molecular weight is 256 g/mol. The summed E-state index contributed by atoms with van der Waals surface area (Å²) in [6.07, 6.45) is 3.37. The fourth-order valence-corrected chi connectivity index (χ4v) is 2.02. The smallest absolute Gasteiger partial charge is 0.0739 e. The van der Waals surface area contributed by atoms with E-state index in [9.17, 15) is 0 Å².